The summed E-state index contributed by atoms with van der Waals surface area (Å²) in [5.41, 5.74) is 1.89. The summed E-state index contributed by atoms with van der Waals surface area (Å²) in [6.07, 6.45) is 2.60. The van der Waals surface area contributed by atoms with E-state index in [1.165, 1.54) is 16.8 Å². The average Bonchev–Trinajstić information content (AvgIpc) is 3.11. The molecule has 3 aromatic rings. The average molecular weight is 356 g/mol. The summed E-state index contributed by atoms with van der Waals surface area (Å²) in [7, 11) is 0. The van der Waals surface area contributed by atoms with Gasteiger partial charge in [0.15, 0.2) is 5.82 Å². The van der Waals surface area contributed by atoms with Gasteiger partial charge in [-0.25, -0.2) is 18.4 Å². The van der Waals surface area contributed by atoms with E-state index in [0.29, 0.717) is 35.9 Å². The molecule has 0 aliphatic carbocycles. The van der Waals surface area contributed by atoms with Gasteiger partial charge in [-0.05, 0) is 61.4 Å². The Balaban J connectivity index is 1.93. The fourth-order valence-electron chi connectivity index (χ4n) is 2.46. The van der Waals surface area contributed by atoms with Gasteiger partial charge in [0.2, 0.25) is 0 Å². The van der Waals surface area contributed by atoms with Crippen LogP contribution in [0.15, 0.2) is 48.7 Å². The highest BCUT2D eigenvalue weighted by Crippen LogP contribution is 2.20. The maximum atomic E-state index is 13.1. The highest BCUT2D eigenvalue weighted by molar-refractivity contribution is 5.75. The quantitative estimate of drug-likeness (QED) is 0.691. The summed E-state index contributed by atoms with van der Waals surface area (Å²) in [5, 5.41) is 7.24. The number of alkyl halides is 1. The molecular weight excluding hydrogens is 338 g/mol. The predicted molar refractivity (Wildman–Crippen MR) is 94.9 cm³/mol. The molecule has 0 bridgehead atoms. The van der Waals surface area contributed by atoms with Crippen molar-refractivity contribution in [2.75, 3.05) is 5.32 Å². The van der Waals surface area contributed by atoms with Crippen molar-refractivity contribution < 1.29 is 13.6 Å². The number of hydrogen-bond donors (Lipinski definition) is 1. The largest absolute Gasteiger partial charge is 0.340 e. The second-order valence-electron chi connectivity index (χ2n) is 5.94. The lowest BCUT2D eigenvalue weighted by Crippen LogP contribution is -2.05. The van der Waals surface area contributed by atoms with Crippen LogP contribution in [0, 0.1) is 5.82 Å². The Bertz CT molecular complexity index is 906. The number of aromatic nitrogens is 3. The van der Waals surface area contributed by atoms with Gasteiger partial charge in [0.1, 0.15) is 24.1 Å². The Morgan fingerprint density at radius 1 is 1.19 bits per heavy atom. The molecule has 2 aromatic heterocycles. The van der Waals surface area contributed by atoms with Gasteiger partial charge < -0.3 is 10.1 Å². The first-order chi connectivity index (χ1) is 12.5. The van der Waals surface area contributed by atoms with Crippen LogP contribution in [0.3, 0.4) is 0 Å². The summed E-state index contributed by atoms with van der Waals surface area (Å²) >= 11 is 0. The Kier molecular flexibility index (Phi) is 5.36. The van der Waals surface area contributed by atoms with Crippen LogP contribution in [0.5, 0.6) is 0 Å². The zero-order chi connectivity index (χ0) is 18.5. The Labute approximate surface area is 149 Å². The van der Waals surface area contributed by atoms with Gasteiger partial charge in [-0.3, -0.25) is 0 Å². The minimum absolute atomic E-state index is 0.0928. The van der Waals surface area contributed by atoms with Crippen LogP contribution in [-0.2, 0) is 17.9 Å². The molecule has 1 N–H and O–H groups in total. The number of nitrogens with zero attached hydrogens (tertiary/aromatic N) is 3. The van der Waals surface area contributed by atoms with Crippen molar-refractivity contribution in [2.24, 2.45) is 0 Å². The number of halogens is 2. The zero-order valence-corrected chi connectivity index (χ0v) is 14.2. The lowest BCUT2D eigenvalue weighted by Gasteiger charge is -2.11. The third-order valence-corrected chi connectivity index (χ3v) is 3.77. The summed E-state index contributed by atoms with van der Waals surface area (Å²) in [6.45, 7) is 0.887. The SMILES string of the molecule is CC(=O)CCc1cc(Nc2ccc(F)cc2)nc(-n2ccc(CF)n2)c1. The van der Waals surface area contributed by atoms with Crippen LogP contribution in [0.25, 0.3) is 5.82 Å². The van der Waals surface area contributed by atoms with Crippen molar-refractivity contribution >= 4 is 17.3 Å². The van der Waals surface area contributed by atoms with Gasteiger partial charge >= 0.3 is 0 Å². The molecule has 2 heterocycles. The maximum Gasteiger partial charge on any atom is 0.155 e. The molecular formula is C19H18F2N4O. The number of pyridine rings is 1. The van der Waals surface area contributed by atoms with Crippen LogP contribution >= 0.6 is 0 Å². The second kappa shape index (κ2) is 7.86. The van der Waals surface area contributed by atoms with E-state index in [9.17, 15) is 13.6 Å². The smallest absolute Gasteiger partial charge is 0.155 e. The number of aryl methyl sites for hydroxylation is 1. The van der Waals surface area contributed by atoms with Gasteiger partial charge in [0.25, 0.3) is 0 Å². The lowest BCUT2D eigenvalue weighted by molar-refractivity contribution is -0.116. The zero-order valence-electron chi connectivity index (χ0n) is 14.2. The molecule has 7 heteroatoms. The molecule has 3 rings (SSSR count). The van der Waals surface area contributed by atoms with E-state index in [4.69, 9.17) is 0 Å². The van der Waals surface area contributed by atoms with Crippen LogP contribution in [0.2, 0.25) is 0 Å². The molecule has 26 heavy (non-hydrogen) atoms. The Morgan fingerprint density at radius 2 is 1.96 bits per heavy atom. The van der Waals surface area contributed by atoms with E-state index in [0.717, 1.165) is 5.56 Å². The molecule has 0 radical (unpaired) electrons. The summed E-state index contributed by atoms with van der Waals surface area (Å²) in [6, 6.07) is 11.1. The molecule has 0 unspecified atom stereocenters. The minimum atomic E-state index is -0.655. The second-order valence-corrected chi connectivity index (χ2v) is 5.94. The number of nitrogens with one attached hydrogen (secondary N) is 1. The molecule has 0 atom stereocenters. The van der Waals surface area contributed by atoms with Crippen molar-refractivity contribution in [1.82, 2.24) is 14.8 Å². The van der Waals surface area contributed by atoms with Gasteiger partial charge in [-0.1, -0.05) is 0 Å². The molecule has 0 saturated heterocycles. The summed E-state index contributed by atoms with van der Waals surface area (Å²) < 4.78 is 27.3. The number of Topliss-reactive ketones (excluding diaryl/α,β-unsaturated/α-hetero) is 1. The van der Waals surface area contributed by atoms with Crippen LogP contribution in [0.4, 0.5) is 20.3 Å². The van der Waals surface area contributed by atoms with E-state index in [-0.39, 0.29) is 11.6 Å². The van der Waals surface area contributed by atoms with Gasteiger partial charge in [-0.2, -0.15) is 5.10 Å². The highest BCUT2D eigenvalue weighted by atomic mass is 19.1. The number of carbonyl (C=O) groups excluding carboxylic acids is 1. The number of anilines is 2. The van der Waals surface area contributed by atoms with Crippen molar-refractivity contribution in [3.63, 3.8) is 0 Å². The molecule has 0 aliphatic rings. The van der Waals surface area contributed by atoms with Crippen LogP contribution in [-0.4, -0.2) is 20.5 Å². The Hall–Kier alpha value is -3.09. The fourth-order valence-corrected chi connectivity index (χ4v) is 2.46. The lowest BCUT2D eigenvalue weighted by atomic mass is 10.1. The van der Waals surface area contributed by atoms with Gasteiger partial charge in [0, 0.05) is 18.3 Å². The Morgan fingerprint density at radius 3 is 2.62 bits per heavy atom. The molecule has 134 valence electrons. The number of ketones is 1. The molecule has 0 amide bonds. The summed E-state index contributed by atoms with van der Waals surface area (Å²) in [4.78, 5) is 15.8. The van der Waals surface area contributed by atoms with Crippen molar-refractivity contribution in [3.05, 3.63) is 65.7 Å². The third-order valence-electron chi connectivity index (χ3n) is 3.77. The van der Waals surface area contributed by atoms with E-state index in [1.807, 2.05) is 12.1 Å². The highest BCUT2D eigenvalue weighted by Gasteiger charge is 2.08. The van der Waals surface area contributed by atoms with Crippen molar-refractivity contribution in [1.29, 1.82) is 0 Å². The van der Waals surface area contributed by atoms with Crippen LogP contribution < -0.4 is 5.32 Å². The normalized spacial score (nSPS) is 10.7. The van der Waals surface area contributed by atoms with E-state index < -0.39 is 6.67 Å². The molecule has 0 spiro atoms. The molecule has 0 saturated carbocycles. The summed E-state index contributed by atoms with van der Waals surface area (Å²) in [5.74, 6) is 0.810. The molecule has 0 aliphatic heterocycles. The minimum Gasteiger partial charge on any atom is -0.340 e. The molecule has 5 nitrogen and oxygen atoms in total. The number of carbonyl (C=O) groups is 1. The number of benzene rings is 1. The van der Waals surface area contributed by atoms with Crippen molar-refractivity contribution in [3.8, 4) is 5.82 Å². The fraction of sp³-hybridized carbons (Fsp3) is 0.211. The topological polar surface area (TPSA) is 59.8 Å². The first kappa shape index (κ1) is 17.7. The molecule has 0 fully saturated rings. The van der Waals surface area contributed by atoms with E-state index in [2.05, 4.69) is 15.4 Å². The third kappa shape index (κ3) is 4.50. The molecule has 1 aromatic carbocycles. The monoisotopic (exact) mass is 356 g/mol. The number of rotatable bonds is 7. The van der Waals surface area contributed by atoms with Crippen LogP contribution in [0.1, 0.15) is 24.6 Å². The maximum absolute atomic E-state index is 13.1. The first-order valence-electron chi connectivity index (χ1n) is 8.17. The van der Waals surface area contributed by atoms with E-state index >= 15 is 0 Å². The predicted octanol–water partition coefficient (Wildman–Crippen LogP) is 4.14. The van der Waals surface area contributed by atoms with E-state index in [1.54, 1.807) is 31.3 Å². The van der Waals surface area contributed by atoms with Gasteiger partial charge in [0.05, 0.1) is 5.69 Å². The standard InChI is InChI=1S/C19H18F2N4O/c1-13(26)2-3-14-10-18(22-16-6-4-15(21)5-7-16)23-19(11-14)25-9-8-17(12-20)24-25/h4-11H,2-3,12H2,1H3,(H,22,23). The van der Waals surface area contributed by atoms with Gasteiger partial charge in [-0.15, -0.1) is 0 Å². The number of hydrogen-bond acceptors (Lipinski definition) is 4. The first-order valence-corrected chi connectivity index (χ1v) is 8.17. The van der Waals surface area contributed by atoms with Crippen molar-refractivity contribution in [2.45, 2.75) is 26.4 Å².